The second kappa shape index (κ2) is 7.33. The van der Waals surface area contributed by atoms with Crippen molar-refractivity contribution in [2.24, 2.45) is 0 Å². The van der Waals surface area contributed by atoms with Crippen LogP contribution in [0.5, 0.6) is 0 Å². The molecule has 0 rings (SSSR count). The third-order valence-electron chi connectivity index (χ3n) is 1.41. The minimum Gasteiger partial charge on any atom is -0.103 e. The first-order valence-corrected chi connectivity index (χ1v) is 4.31. The highest BCUT2D eigenvalue weighted by molar-refractivity contribution is 5.20. The quantitative estimate of drug-likeness (QED) is 0.412. The Morgan fingerprint density at radius 3 is 2.45 bits per heavy atom. The zero-order valence-electron chi connectivity index (χ0n) is 7.64. The van der Waals surface area contributed by atoms with Crippen LogP contribution in [0.4, 0.5) is 0 Å². The molecular weight excluding hydrogens is 132 g/mol. The molecule has 0 saturated carbocycles. The minimum atomic E-state index is 0.990. The van der Waals surface area contributed by atoms with Crippen molar-refractivity contribution in [2.75, 3.05) is 0 Å². The fourth-order valence-electron chi connectivity index (χ4n) is 0.917. The molecule has 0 heteroatoms. The zero-order chi connectivity index (χ0) is 8.53. The Morgan fingerprint density at radius 2 is 2.00 bits per heavy atom. The molecule has 0 atom stereocenters. The lowest BCUT2D eigenvalue weighted by Crippen LogP contribution is -1.74. The second-order valence-corrected chi connectivity index (χ2v) is 2.49. The third kappa shape index (κ3) is 5.65. The zero-order valence-corrected chi connectivity index (χ0v) is 7.64. The van der Waals surface area contributed by atoms with E-state index in [1.807, 2.05) is 6.08 Å². The molecule has 0 N–H and O–H groups in total. The van der Waals surface area contributed by atoms with Crippen molar-refractivity contribution in [1.29, 1.82) is 0 Å². The van der Waals surface area contributed by atoms with Crippen molar-refractivity contribution >= 4 is 0 Å². The van der Waals surface area contributed by atoms with Crippen LogP contribution in [0.25, 0.3) is 0 Å². The van der Waals surface area contributed by atoms with Gasteiger partial charge in [-0.25, -0.2) is 0 Å². The summed E-state index contributed by atoms with van der Waals surface area (Å²) in [6.45, 7) is 8.02. The van der Waals surface area contributed by atoms with Crippen molar-refractivity contribution in [3.05, 3.63) is 36.5 Å². The highest BCUT2D eigenvalue weighted by Crippen LogP contribution is 2.05. The van der Waals surface area contributed by atoms with E-state index < -0.39 is 0 Å². The van der Waals surface area contributed by atoms with Gasteiger partial charge in [-0.15, -0.1) is 6.58 Å². The Balaban J connectivity index is 3.98. The first-order chi connectivity index (χ1) is 5.35. The summed E-state index contributed by atoms with van der Waals surface area (Å²) in [4.78, 5) is 0. The summed E-state index contributed by atoms with van der Waals surface area (Å²) >= 11 is 0. The van der Waals surface area contributed by atoms with E-state index in [4.69, 9.17) is 0 Å². The topological polar surface area (TPSA) is 0 Å². The maximum Gasteiger partial charge on any atom is -0.0103 e. The third-order valence-corrected chi connectivity index (χ3v) is 1.41. The van der Waals surface area contributed by atoms with Gasteiger partial charge in [0.05, 0.1) is 0 Å². The van der Waals surface area contributed by atoms with Gasteiger partial charge in [-0.05, 0) is 24.8 Å². The average Bonchev–Trinajstić information content (AvgIpc) is 2.01. The predicted molar refractivity (Wildman–Crippen MR) is 52.6 cm³/mol. The lowest BCUT2D eigenvalue weighted by molar-refractivity contribution is 1.15. The smallest absolute Gasteiger partial charge is 0.0103 e. The largest absolute Gasteiger partial charge is 0.103 e. The van der Waals surface area contributed by atoms with Crippen molar-refractivity contribution in [3.63, 3.8) is 0 Å². The van der Waals surface area contributed by atoms with Gasteiger partial charge in [0.2, 0.25) is 0 Å². The van der Waals surface area contributed by atoms with E-state index in [-0.39, 0.29) is 0 Å². The monoisotopic (exact) mass is 150 g/mol. The van der Waals surface area contributed by atoms with Gasteiger partial charge < -0.3 is 0 Å². The van der Waals surface area contributed by atoms with E-state index in [0.29, 0.717) is 0 Å². The van der Waals surface area contributed by atoms with Crippen LogP contribution in [0.2, 0.25) is 0 Å². The molecule has 0 aromatic carbocycles. The molecule has 0 aliphatic carbocycles. The molecule has 0 amide bonds. The van der Waals surface area contributed by atoms with Gasteiger partial charge in [-0.1, -0.05) is 38.2 Å². The summed E-state index contributed by atoms with van der Waals surface area (Å²) in [5, 5.41) is 0. The van der Waals surface area contributed by atoms with Gasteiger partial charge in [0.1, 0.15) is 0 Å². The number of allylic oxidation sites excluding steroid dienone is 5. The predicted octanol–water partition coefficient (Wildman–Crippen LogP) is 3.87. The number of hydrogen-bond donors (Lipinski definition) is 0. The van der Waals surface area contributed by atoms with Gasteiger partial charge in [0.15, 0.2) is 0 Å². The van der Waals surface area contributed by atoms with E-state index in [0.717, 1.165) is 19.3 Å². The maximum atomic E-state index is 3.72. The summed E-state index contributed by atoms with van der Waals surface area (Å²) in [7, 11) is 0. The molecule has 0 saturated heterocycles. The molecule has 0 aromatic heterocycles. The maximum absolute atomic E-state index is 3.72. The van der Waals surface area contributed by atoms with Crippen LogP contribution >= 0.6 is 0 Å². The van der Waals surface area contributed by atoms with Crippen LogP contribution in [0.15, 0.2) is 36.5 Å². The van der Waals surface area contributed by atoms with E-state index in [9.17, 15) is 0 Å². The van der Waals surface area contributed by atoms with Crippen molar-refractivity contribution in [3.8, 4) is 0 Å². The summed E-state index contributed by atoms with van der Waals surface area (Å²) in [5.41, 5.74) is 1.38. The first-order valence-electron chi connectivity index (χ1n) is 4.31. The molecule has 0 unspecified atom stereocenters. The molecule has 0 spiro atoms. The molecule has 0 aliphatic rings. The van der Waals surface area contributed by atoms with Crippen LogP contribution in [-0.2, 0) is 0 Å². The summed E-state index contributed by atoms with van der Waals surface area (Å²) in [6, 6.07) is 0. The second-order valence-electron chi connectivity index (χ2n) is 2.49. The standard InChI is InChI=1S/C11H18/c1-4-7-10-11(8-5-2)9-6-3/h5,7,9-10H,2,4,6,8H2,1,3H3/b10-7-,11-9-. The first kappa shape index (κ1) is 10.2. The van der Waals surface area contributed by atoms with E-state index in [1.54, 1.807) is 0 Å². The van der Waals surface area contributed by atoms with Gasteiger partial charge >= 0.3 is 0 Å². The Kier molecular flexibility index (Phi) is 6.81. The molecule has 0 heterocycles. The Hall–Kier alpha value is -0.780. The molecular formula is C11H18. The normalized spacial score (nSPS) is 12.4. The molecule has 0 bridgehead atoms. The minimum absolute atomic E-state index is 0.990. The van der Waals surface area contributed by atoms with Crippen molar-refractivity contribution in [2.45, 2.75) is 33.1 Å². The van der Waals surface area contributed by atoms with Crippen LogP contribution in [-0.4, -0.2) is 0 Å². The van der Waals surface area contributed by atoms with Crippen LogP contribution in [0.1, 0.15) is 33.1 Å². The fourth-order valence-corrected chi connectivity index (χ4v) is 0.917. The molecule has 0 aromatic rings. The molecule has 62 valence electrons. The molecule has 0 radical (unpaired) electrons. The Labute approximate surface area is 70.3 Å². The lowest BCUT2D eigenvalue weighted by atomic mass is 10.1. The van der Waals surface area contributed by atoms with Crippen molar-refractivity contribution < 1.29 is 0 Å². The molecule has 11 heavy (non-hydrogen) atoms. The van der Waals surface area contributed by atoms with Crippen molar-refractivity contribution in [1.82, 2.24) is 0 Å². The van der Waals surface area contributed by atoms with E-state index in [1.165, 1.54) is 5.57 Å². The van der Waals surface area contributed by atoms with Gasteiger partial charge in [-0.2, -0.15) is 0 Å². The molecule has 0 nitrogen and oxygen atoms in total. The van der Waals surface area contributed by atoms with E-state index in [2.05, 4.69) is 38.7 Å². The summed E-state index contributed by atoms with van der Waals surface area (Å²) in [6.07, 6.45) is 11.8. The van der Waals surface area contributed by atoms with Gasteiger partial charge in [-0.3, -0.25) is 0 Å². The van der Waals surface area contributed by atoms with Crippen LogP contribution in [0, 0.1) is 0 Å². The molecule has 0 fully saturated rings. The molecule has 0 aliphatic heterocycles. The summed E-state index contributed by atoms with van der Waals surface area (Å²) < 4.78 is 0. The van der Waals surface area contributed by atoms with Crippen LogP contribution < -0.4 is 0 Å². The highest BCUT2D eigenvalue weighted by Gasteiger charge is 1.85. The fraction of sp³-hybridized carbons (Fsp3) is 0.455. The number of rotatable bonds is 5. The Bertz CT molecular complexity index is 149. The van der Waals surface area contributed by atoms with Gasteiger partial charge in [0.25, 0.3) is 0 Å². The van der Waals surface area contributed by atoms with Crippen LogP contribution in [0.3, 0.4) is 0 Å². The Morgan fingerprint density at radius 1 is 1.27 bits per heavy atom. The lowest BCUT2D eigenvalue weighted by Gasteiger charge is -1.95. The highest BCUT2D eigenvalue weighted by atomic mass is 13.9. The number of hydrogen-bond acceptors (Lipinski definition) is 0. The van der Waals surface area contributed by atoms with Gasteiger partial charge in [0, 0.05) is 0 Å². The van der Waals surface area contributed by atoms with E-state index >= 15 is 0 Å². The SMILES string of the molecule is C=CCC(/C=C\CC)=C/CC. The average molecular weight is 150 g/mol. The summed E-state index contributed by atoms with van der Waals surface area (Å²) in [5.74, 6) is 0.